The molecule has 234 valence electrons. The van der Waals surface area contributed by atoms with Crippen LogP contribution in [-0.2, 0) is 13.1 Å². The fraction of sp³-hybridized carbons (Fsp3) is 0.250. The summed E-state index contributed by atoms with van der Waals surface area (Å²) in [6, 6.07) is 20.9. The quantitative estimate of drug-likeness (QED) is 0.0816. The summed E-state index contributed by atoms with van der Waals surface area (Å²) in [6.45, 7) is 6.13. The van der Waals surface area contributed by atoms with Gasteiger partial charge in [-0.15, -0.1) is 0 Å². The molecule has 0 bridgehead atoms. The molecule has 0 amide bonds. The van der Waals surface area contributed by atoms with E-state index in [9.17, 15) is 0 Å². The molecule has 0 unspecified atom stereocenters. The molecule has 1 aromatic heterocycles. The summed E-state index contributed by atoms with van der Waals surface area (Å²) >= 11 is 6.55. The van der Waals surface area contributed by atoms with Crippen LogP contribution < -0.4 is 15.4 Å². The summed E-state index contributed by atoms with van der Waals surface area (Å²) in [5, 5.41) is 24.8. The molecule has 0 saturated carbocycles. The first-order chi connectivity index (χ1) is 21.8. The van der Waals surface area contributed by atoms with Gasteiger partial charge in [-0.3, -0.25) is 0 Å². The van der Waals surface area contributed by atoms with E-state index in [4.69, 9.17) is 36.0 Å². The Bertz CT molecular complexity index is 1840. The number of aliphatic hydroxyl groups is 2. The third kappa shape index (κ3) is 7.27. The van der Waals surface area contributed by atoms with E-state index < -0.39 is 0 Å². The highest BCUT2D eigenvalue weighted by Crippen LogP contribution is 2.37. The van der Waals surface area contributed by atoms with Crippen molar-refractivity contribution < 1.29 is 23.8 Å². The topological polar surface area (TPSA) is 99.8 Å². The van der Waals surface area contributed by atoms with Gasteiger partial charge in [-0.25, -0.2) is 9.37 Å². The fourth-order valence-electron chi connectivity index (χ4n) is 5.40. The summed E-state index contributed by atoms with van der Waals surface area (Å²) in [6.07, 6.45) is 1.55. The Morgan fingerprint density at radius 2 is 1.60 bits per heavy atom. The molecular weight excluding hydrogens is 593 g/mol. The van der Waals surface area contributed by atoms with Crippen molar-refractivity contribution in [2.24, 2.45) is 0 Å². The van der Waals surface area contributed by atoms with E-state index in [1.54, 1.807) is 25.3 Å². The van der Waals surface area contributed by atoms with Crippen LogP contribution in [-0.4, -0.2) is 48.6 Å². The van der Waals surface area contributed by atoms with Crippen molar-refractivity contribution in [1.29, 1.82) is 0 Å². The van der Waals surface area contributed by atoms with E-state index in [-0.39, 0.29) is 19.0 Å². The lowest BCUT2D eigenvalue weighted by Crippen LogP contribution is -2.17. The van der Waals surface area contributed by atoms with Gasteiger partial charge in [0.15, 0.2) is 5.58 Å². The van der Waals surface area contributed by atoms with Gasteiger partial charge in [-0.05, 0) is 77.6 Å². The molecule has 4 N–H and O–H groups in total. The molecule has 0 atom stereocenters. The maximum Gasteiger partial charge on any atom is 0.227 e. The van der Waals surface area contributed by atoms with E-state index in [0.717, 1.165) is 44.5 Å². The zero-order valence-corrected chi connectivity index (χ0v) is 26.3. The van der Waals surface area contributed by atoms with Crippen LogP contribution in [0.2, 0.25) is 5.02 Å². The first-order valence-electron chi connectivity index (χ1n) is 14.8. The number of rotatable bonds is 13. The minimum Gasteiger partial charge on any atom is -0.496 e. The van der Waals surface area contributed by atoms with Gasteiger partial charge in [0.05, 0.1) is 25.3 Å². The summed E-state index contributed by atoms with van der Waals surface area (Å²) in [5.74, 6) is 0.674. The first kappa shape index (κ1) is 32.3. The summed E-state index contributed by atoms with van der Waals surface area (Å²) < 4.78 is 27.3. The molecule has 0 radical (unpaired) electrons. The average Bonchev–Trinajstić information content (AvgIpc) is 3.47. The fourth-order valence-corrected chi connectivity index (χ4v) is 5.67. The van der Waals surface area contributed by atoms with Crippen LogP contribution in [0, 0.1) is 13.8 Å². The number of ether oxygens (including phenoxy) is 1. The van der Waals surface area contributed by atoms with Gasteiger partial charge in [-0.1, -0.05) is 54.1 Å². The van der Waals surface area contributed by atoms with Crippen LogP contribution in [0.25, 0.3) is 45.6 Å². The number of halogens is 2. The van der Waals surface area contributed by atoms with E-state index in [1.807, 2.05) is 68.4 Å². The number of methoxy groups -OCH3 is 1. The molecule has 0 aliphatic carbocycles. The highest BCUT2D eigenvalue weighted by atomic mass is 35.5. The number of fused-ring (bicyclic) bond motifs is 1. The Morgan fingerprint density at radius 3 is 2.33 bits per heavy atom. The molecular formula is C36H37ClFN3O4. The van der Waals surface area contributed by atoms with Crippen LogP contribution in [0.1, 0.15) is 33.4 Å². The van der Waals surface area contributed by atoms with Crippen LogP contribution in [0.3, 0.4) is 0 Å². The van der Waals surface area contributed by atoms with Gasteiger partial charge in [0, 0.05) is 42.9 Å². The third-order valence-corrected chi connectivity index (χ3v) is 8.08. The number of aromatic nitrogens is 1. The van der Waals surface area contributed by atoms with Gasteiger partial charge >= 0.3 is 0 Å². The van der Waals surface area contributed by atoms with Crippen LogP contribution in [0.4, 0.5) is 4.39 Å². The van der Waals surface area contributed by atoms with E-state index in [2.05, 4.69) is 10.6 Å². The van der Waals surface area contributed by atoms with Gasteiger partial charge in [0.1, 0.15) is 17.1 Å². The Hall–Kier alpha value is -4.05. The summed E-state index contributed by atoms with van der Waals surface area (Å²) in [4.78, 5) is 4.77. The SMILES string of the molecule is COc1cc(/C(F)=C/c2cccc(-c3cccc(-c4nc5cc(CNCCO)cc(Cl)c5o4)c3C)c2C)ccc1CNCCO. The average molecular weight is 630 g/mol. The Balaban J connectivity index is 1.46. The second kappa shape index (κ2) is 14.8. The Labute approximate surface area is 267 Å². The van der Waals surface area contributed by atoms with E-state index >= 15 is 4.39 Å². The normalized spacial score (nSPS) is 11.8. The molecule has 0 aliphatic rings. The van der Waals surface area contributed by atoms with Crippen molar-refractivity contribution in [2.45, 2.75) is 26.9 Å². The number of benzene rings is 4. The molecule has 5 rings (SSSR count). The number of hydrogen-bond acceptors (Lipinski definition) is 7. The van der Waals surface area contributed by atoms with Gasteiger partial charge in [0.2, 0.25) is 5.89 Å². The minimum absolute atomic E-state index is 0.0395. The van der Waals surface area contributed by atoms with Crippen LogP contribution in [0.5, 0.6) is 5.75 Å². The molecule has 0 fully saturated rings. The van der Waals surface area contributed by atoms with Gasteiger partial charge < -0.3 is 30.0 Å². The monoisotopic (exact) mass is 629 g/mol. The standard InChI is InChI=1S/C36H37ClFN3O4/c1-22-25(18-32(38)26-10-11-27(21-40-13-15-43)34(19-26)44-3)6-4-7-28(22)29-8-5-9-30(23(29)2)36-41-33-17-24(20-39-12-14-42)16-31(37)35(33)45-36/h4-11,16-19,39-40,42-43H,12-15,20-21H2,1-3H3/b32-18-. The van der Waals surface area contributed by atoms with Crippen LogP contribution in [0.15, 0.2) is 71.1 Å². The molecule has 9 heteroatoms. The molecule has 4 aromatic carbocycles. The Kier molecular flexibility index (Phi) is 10.7. The van der Waals surface area contributed by atoms with Crippen LogP contribution >= 0.6 is 11.6 Å². The first-order valence-corrected chi connectivity index (χ1v) is 15.2. The van der Waals surface area contributed by atoms with Crippen molar-refractivity contribution in [2.75, 3.05) is 33.4 Å². The molecule has 0 aliphatic heterocycles. The number of nitrogens with zero attached hydrogens (tertiary/aromatic N) is 1. The lowest BCUT2D eigenvalue weighted by Gasteiger charge is -2.14. The highest BCUT2D eigenvalue weighted by Gasteiger charge is 2.18. The Morgan fingerprint density at radius 1 is 0.911 bits per heavy atom. The smallest absolute Gasteiger partial charge is 0.227 e. The molecule has 0 spiro atoms. The van der Waals surface area contributed by atoms with Crippen molar-refractivity contribution in [1.82, 2.24) is 15.6 Å². The van der Waals surface area contributed by atoms with Crippen molar-refractivity contribution >= 4 is 34.6 Å². The molecule has 7 nitrogen and oxygen atoms in total. The maximum absolute atomic E-state index is 15.6. The molecule has 45 heavy (non-hydrogen) atoms. The van der Waals surface area contributed by atoms with Gasteiger partial charge in [0.25, 0.3) is 0 Å². The number of oxazole rings is 1. The number of nitrogens with one attached hydrogen (secondary N) is 2. The summed E-state index contributed by atoms with van der Waals surface area (Å²) in [5.41, 5.74) is 8.91. The summed E-state index contributed by atoms with van der Waals surface area (Å²) in [7, 11) is 1.56. The molecule has 1 heterocycles. The number of hydrogen-bond donors (Lipinski definition) is 4. The number of aliphatic hydroxyl groups excluding tert-OH is 2. The highest BCUT2D eigenvalue weighted by molar-refractivity contribution is 6.34. The zero-order valence-electron chi connectivity index (χ0n) is 25.6. The zero-order chi connectivity index (χ0) is 31.9. The predicted molar refractivity (Wildman–Crippen MR) is 179 cm³/mol. The molecule has 0 saturated heterocycles. The second-order valence-corrected chi connectivity index (χ2v) is 11.2. The van der Waals surface area contributed by atoms with E-state index in [1.165, 1.54) is 0 Å². The third-order valence-electron chi connectivity index (χ3n) is 7.80. The minimum atomic E-state index is -0.372. The lowest BCUT2D eigenvalue weighted by atomic mass is 9.91. The maximum atomic E-state index is 15.6. The van der Waals surface area contributed by atoms with Crippen molar-refractivity contribution in [3.8, 4) is 28.3 Å². The molecule has 5 aromatic rings. The predicted octanol–water partition coefficient (Wildman–Crippen LogP) is 7.07. The van der Waals surface area contributed by atoms with Gasteiger partial charge in [-0.2, -0.15) is 0 Å². The largest absolute Gasteiger partial charge is 0.496 e. The van der Waals surface area contributed by atoms with E-state index in [0.29, 0.717) is 59.5 Å². The van der Waals surface area contributed by atoms with Crippen molar-refractivity contribution in [3.05, 3.63) is 105 Å². The second-order valence-electron chi connectivity index (χ2n) is 10.8. The lowest BCUT2D eigenvalue weighted by molar-refractivity contribution is 0.291. The van der Waals surface area contributed by atoms with Crippen molar-refractivity contribution in [3.63, 3.8) is 0 Å².